The van der Waals surface area contributed by atoms with Gasteiger partial charge >= 0.3 is 17.9 Å². The summed E-state index contributed by atoms with van der Waals surface area (Å²) in [5.41, 5.74) is 2.65. The Balaban J connectivity index is 0.685. The van der Waals surface area contributed by atoms with E-state index in [1.807, 2.05) is 30.9 Å². The average Bonchev–Trinajstić information content (AvgIpc) is 1.64. The van der Waals surface area contributed by atoms with E-state index < -0.39 is 41.7 Å². The number of carboxylic acids is 3. The number of benzene rings is 3. The minimum absolute atomic E-state index is 0.0206. The van der Waals surface area contributed by atoms with Crippen LogP contribution in [0.5, 0.6) is 17.2 Å². The van der Waals surface area contributed by atoms with Gasteiger partial charge in [0.15, 0.2) is 5.82 Å². The molecule has 690 valence electrons. The number of unbranched alkanes of at least 4 members (excludes halogenated alkanes) is 1. The van der Waals surface area contributed by atoms with E-state index in [0.29, 0.717) is 226 Å². The Kier molecular flexibility index (Phi) is 53.2. The minimum atomic E-state index is -1.07. The van der Waals surface area contributed by atoms with Crippen LogP contribution in [0.2, 0.25) is 0 Å². The van der Waals surface area contributed by atoms with E-state index in [2.05, 4.69) is 66.2 Å². The van der Waals surface area contributed by atoms with Gasteiger partial charge in [-0.25, -0.2) is 0 Å². The van der Waals surface area contributed by atoms with Gasteiger partial charge in [0.2, 0.25) is 29.5 Å². The molecule has 0 spiro atoms. The van der Waals surface area contributed by atoms with Crippen LogP contribution in [0.4, 0.5) is 0 Å². The number of nitrogens with zero attached hydrogens (tertiary/aromatic N) is 8. The monoisotopic (exact) mass is 1850 g/mol. The van der Waals surface area contributed by atoms with Crippen molar-refractivity contribution in [2.45, 2.75) is 96.6 Å². The number of aromatic hydroxyl groups is 2. The Hall–Kier alpha value is -7.95. The first kappa shape index (κ1) is 104. The second-order valence-electron chi connectivity index (χ2n) is 29.4. The maximum Gasteiger partial charge on any atom is 0.317 e. The second-order valence-corrected chi connectivity index (χ2v) is 30.7. The van der Waals surface area contributed by atoms with E-state index in [9.17, 15) is 63.9 Å². The van der Waals surface area contributed by atoms with Crippen molar-refractivity contribution >= 4 is 70.0 Å². The Morgan fingerprint density at radius 2 is 0.911 bits per heavy atom. The first-order valence-corrected chi connectivity index (χ1v) is 43.6. The number of amides is 5. The van der Waals surface area contributed by atoms with E-state index in [1.54, 1.807) is 61.4 Å². The highest BCUT2D eigenvalue weighted by Gasteiger charge is 2.29. The summed E-state index contributed by atoms with van der Waals surface area (Å²) in [5, 5.41) is 70.1. The van der Waals surface area contributed by atoms with E-state index in [1.165, 1.54) is 6.07 Å². The van der Waals surface area contributed by atoms with Crippen molar-refractivity contribution in [2.24, 2.45) is 0 Å². The van der Waals surface area contributed by atoms with E-state index in [-0.39, 0.29) is 165 Å². The topological polar surface area (TPSA) is 453 Å². The molecule has 5 amide bonds. The van der Waals surface area contributed by atoms with Crippen molar-refractivity contribution in [3.05, 3.63) is 81.2 Å². The summed E-state index contributed by atoms with van der Waals surface area (Å²) in [7, 11) is 0. The summed E-state index contributed by atoms with van der Waals surface area (Å²) >= 11 is 2.25. The summed E-state index contributed by atoms with van der Waals surface area (Å²) in [4.78, 5) is 110. The van der Waals surface area contributed by atoms with Gasteiger partial charge in [-0.3, -0.25) is 62.5 Å². The summed E-state index contributed by atoms with van der Waals surface area (Å²) in [6.45, 7) is 17.4. The second kappa shape index (κ2) is 63.0. The fourth-order valence-corrected chi connectivity index (χ4v) is 13.4. The average molecular weight is 1850 g/mol. The summed E-state index contributed by atoms with van der Waals surface area (Å²) in [5.74, 6) is -3.98. The van der Waals surface area contributed by atoms with Crippen molar-refractivity contribution in [2.75, 3.05) is 270 Å². The van der Waals surface area contributed by atoms with Gasteiger partial charge in [0.25, 0.3) is 5.91 Å². The van der Waals surface area contributed by atoms with Crippen LogP contribution in [0, 0.1) is 3.57 Å². The van der Waals surface area contributed by atoms with Crippen molar-refractivity contribution in [1.29, 1.82) is 0 Å². The zero-order chi connectivity index (χ0) is 88.4. The summed E-state index contributed by atoms with van der Waals surface area (Å²) < 4.78 is 76.2. The number of aliphatic carboxylic acids is 3. The van der Waals surface area contributed by atoms with Crippen molar-refractivity contribution in [3.8, 4) is 34.3 Å². The van der Waals surface area contributed by atoms with Gasteiger partial charge in [-0.1, -0.05) is 26.0 Å². The highest BCUT2D eigenvalue weighted by Crippen LogP contribution is 2.38. The van der Waals surface area contributed by atoms with E-state index >= 15 is 0 Å². The number of phenols is 2. The van der Waals surface area contributed by atoms with Gasteiger partial charge < -0.3 is 113 Å². The third-order valence-electron chi connectivity index (χ3n) is 19.6. The molecule has 38 nitrogen and oxygen atoms in total. The molecule has 3 aromatic carbocycles. The molecule has 2 aliphatic rings. The van der Waals surface area contributed by atoms with Gasteiger partial charge in [-0.15, -0.1) is 10.2 Å². The van der Waals surface area contributed by atoms with Gasteiger partial charge in [0.1, 0.15) is 29.4 Å². The molecular formula is C84H131IN12O26. The van der Waals surface area contributed by atoms with Crippen LogP contribution in [0.25, 0.3) is 17.1 Å². The van der Waals surface area contributed by atoms with E-state index in [4.69, 9.17) is 61.6 Å². The number of nitrogens with one attached hydrogen (secondary N) is 4. The number of phenolic OH excluding ortho intramolecular Hbond substituents is 2. The predicted molar refractivity (Wildman–Crippen MR) is 459 cm³/mol. The molecule has 9 N–H and O–H groups in total. The molecule has 0 unspecified atom stereocenters. The zero-order valence-electron chi connectivity index (χ0n) is 71.6. The fraction of sp³-hybridized carbons (Fsp3) is 0.667. The summed E-state index contributed by atoms with van der Waals surface area (Å²) in [6, 6.07) is 17.3. The van der Waals surface area contributed by atoms with Crippen molar-refractivity contribution < 1.29 is 125 Å². The minimum Gasteiger partial charge on any atom is -0.508 e. The maximum absolute atomic E-state index is 13.8. The molecule has 1 atom stereocenters. The number of aryl methyl sites for hydroxylation is 1. The number of hydrogen-bond donors (Lipinski definition) is 9. The molecule has 2 saturated heterocycles. The third-order valence-corrected chi connectivity index (χ3v) is 20.3. The molecule has 0 saturated carbocycles. The lowest BCUT2D eigenvalue weighted by atomic mass is 9.98. The molecule has 39 heteroatoms. The van der Waals surface area contributed by atoms with Crippen LogP contribution >= 0.6 is 22.6 Å². The van der Waals surface area contributed by atoms with Crippen LogP contribution < -0.4 is 26.0 Å². The van der Waals surface area contributed by atoms with Crippen LogP contribution in [-0.4, -0.2) is 394 Å². The third kappa shape index (κ3) is 45.2. The van der Waals surface area contributed by atoms with Crippen molar-refractivity contribution in [3.63, 3.8) is 0 Å². The Bertz CT molecular complexity index is 3630. The maximum atomic E-state index is 13.8. The van der Waals surface area contributed by atoms with Gasteiger partial charge in [0, 0.05) is 120 Å². The number of carbonyl (C=O) groups is 8. The smallest absolute Gasteiger partial charge is 0.317 e. The lowest BCUT2D eigenvalue weighted by Crippen LogP contribution is -2.52. The number of ether oxygens (including phenoxy) is 13. The van der Waals surface area contributed by atoms with Crippen LogP contribution in [0.15, 0.2) is 60.7 Å². The normalized spacial score (nSPS) is 14.6. The van der Waals surface area contributed by atoms with Crippen LogP contribution in [0.1, 0.15) is 99.8 Å². The zero-order valence-corrected chi connectivity index (χ0v) is 73.8. The lowest BCUT2D eigenvalue weighted by molar-refractivity contribution is -0.140. The number of halogens is 1. The van der Waals surface area contributed by atoms with Crippen LogP contribution in [0.3, 0.4) is 0 Å². The van der Waals surface area contributed by atoms with Gasteiger partial charge in [-0.2, -0.15) is 0 Å². The Morgan fingerprint density at radius 3 is 1.35 bits per heavy atom. The number of likely N-dealkylation sites (tertiary alicyclic amines) is 1. The molecular weight excluding hydrogens is 1720 g/mol. The number of piperidine rings is 1. The molecule has 2 fully saturated rings. The number of carboxylic acid groups (broad SMARTS) is 3. The molecule has 1 aromatic heterocycles. The van der Waals surface area contributed by atoms with Crippen molar-refractivity contribution in [1.82, 2.24) is 60.5 Å². The highest BCUT2D eigenvalue weighted by atomic mass is 127. The number of rotatable bonds is 65. The first-order chi connectivity index (χ1) is 59.6. The number of hydrogen-bond acceptors (Lipinski definition) is 29. The van der Waals surface area contributed by atoms with Crippen LogP contribution in [-0.2, 0) is 96.8 Å². The molecule has 3 heterocycles. The van der Waals surface area contributed by atoms with E-state index in [0.717, 1.165) is 15.6 Å². The Labute approximate surface area is 734 Å². The molecule has 0 bridgehead atoms. The lowest BCUT2D eigenvalue weighted by Gasteiger charge is -2.33. The number of carbonyl (C=O) groups excluding carboxylic acids is 5. The largest absolute Gasteiger partial charge is 0.508 e. The fourth-order valence-electron chi connectivity index (χ4n) is 13.0. The molecule has 6 rings (SSSR count). The van der Waals surface area contributed by atoms with Gasteiger partial charge in [-0.05, 0) is 121 Å². The molecule has 4 aromatic rings. The molecule has 0 radical (unpaired) electrons. The SMILES string of the molecule is CCNC(=O)c1nnc(-c2cc(C(C)C)c(O)cc2O)n1-c1ccc(OC2CCN(C(=O)CCOCCOCCOCCOCCOCCOCCOCCOCCOCCOCCOCCOCCNC(=O)[C@H](CCCCNC(=O)CCCc3ccc(I)cc3)NC(=O)CN3CCN(CC(=O)O)CCN(CC(=O)O)CCN(CC(=O)O)CC3)CC2)cc1. The molecule has 123 heavy (non-hydrogen) atoms. The highest BCUT2D eigenvalue weighted by molar-refractivity contribution is 14.1. The molecule has 2 aliphatic heterocycles. The standard InChI is InChI=1S/C84H131IN12O26/c1-4-86-84(110)82-91-90-81(71-58-70(64(2)3)73(98)59-74(71)99)97(82)67-15-17-68(18-16-67)123-69-19-24-96(25-20-69)77(102)21-34-111-36-38-113-40-42-115-44-46-117-48-50-119-52-54-121-56-57-122-55-53-120-51-49-118-47-45-116-43-41-114-39-37-112-35-23-88-83(109)72(9-5-6-22-87-75(100)10-7-8-65-11-13-66(85)14-12-65)89-76(101)60-92-26-28-93(61-78(103)104)30-32-95(63-80(107)108)33-31-94(29-27-92)62-79(105)106/h11-18,58-59,64,69,72,98-99H,4-10,19-57,60-63H2,1-3H3,(H,86,110)(H,87,100)(H,88,109)(H,89,101)(H,103,104)(H,105,106)(H,107,108)/t72-/m0/s1. The predicted octanol–water partition coefficient (Wildman–Crippen LogP) is 3.17. The first-order valence-electron chi connectivity index (χ1n) is 42.6. The van der Waals surface area contributed by atoms with Gasteiger partial charge in [0.05, 0.1) is 197 Å². The number of aromatic nitrogens is 3. The summed E-state index contributed by atoms with van der Waals surface area (Å²) in [6.07, 6.45) is 4.65. The molecule has 0 aliphatic carbocycles. The quantitative estimate of drug-likeness (QED) is 0.0226. The Morgan fingerprint density at radius 1 is 0.472 bits per heavy atom.